The lowest BCUT2D eigenvalue weighted by molar-refractivity contribution is -0.117. The van der Waals surface area contributed by atoms with Gasteiger partial charge in [-0.3, -0.25) is 9.59 Å². The van der Waals surface area contributed by atoms with Gasteiger partial charge < -0.3 is 14.8 Å². The summed E-state index contributed by atoms with van der Waals surface area (Å²) in [6.07, 6.45) is 3.06. The number of hydrogen-bond donors (Lipinski definition) is 2. The van der Waals surface area contributed by atoms with E-state index in [2.05, 4.69) is 15.8 Å². The molecule has 2 N–H and O–H groups in total. The molecule has 7 heteroatoms. The Balaban J connectivity index is 1.86. The highest BCUT2D eigenvalue weighted by atomic mass is 16.5. The number of benzene rings is 3. The Morgan fingerprint density at radius 2 is 1.47 bits per heavy atom. The van der Waals surface area contributed by atoms with Crippen LogP contribution in [0.4, 0.5) is 0 Å². The first-order valence-electron chi connectivity index (χ1n) is 9.79. The third-order valence-electron chi connectivity index (χ3n) is 4.43. The molecule has 0 aliphatic rings. The van der Waals surface area contributed by atoms with Crippen LogP contribution < -0.4 is 20.2 Å². The summed E-state index contributed by atoms with van der Waals surface area (Å²) in [4.78, 5) is 25.5. The van der Waals surface area contributed by atoms with E-state index in [-0.39, 0.29) is 5.70 Å². The van der Waals surface area contributed by atoms with Gasteiger partial charge in [-0.1, -0.05) is 54.6 Å². The number of amides is 2. The number of hydrogen-bond acceptors (Lipinski definition) is 5. The smallest absolute Gasteiger partial charge is 0.287 e. The average molecular weight is 429 g/mol. The summed E-state index contributed by atoms with van der Waals surface area (Å²) in [6, 6.07) is 23.1. The Kier molecular flexibility index (Phi) is 7.75. The molecule has 3 aromatic carbocycles. The molecule has 162 valence electrons. The van der Waals surface area contributed by atoms with Crippen LogP contribution in [0.5, 0.6) is 11.5 Å². The standard InChI is InChI=1S/C25H23N3O4/c1-31-22-14-13-19(16-23(22)32-2)15-21(27-24(29)20-11-7-4-8-12-20)25(30)28-26-17-18-9-5-3-6-10-18/h3-17H,1-2H3,(H,27,29)(H,28,30)/b21-15+,26-17?. The van der Waals surface area contributed by atoms with Gasteiger partial charge in [-0.2, -0.15) is 5.10 Å². The number of rotatable bonds is 8. The summed E-state index contributed by atoms with van der Waals surface area (Å²) in [7, 11) is 3.06. The molecule has 0 fully saturated rings. The van der Waals surface area contributed by atoms with E-state index in [0.29, 0.717) is 22.6 Å². The van der Waals surface area contributed by atoms with Gasteiger partial charge in [-0.25, -0.2) is 5.43 Å². The van der Waals surface area contributed by atoms with Gasteiger partial charge in [0.2, 0.25) is 0 Å². The lowest BCUT2D eigenvalue weighted by atomic mass is 10.1. The van der Waals surface area contributed by atoms with Crippen molar-refractivity contribution in [3.05, 3.63) is 101 Å². The van der Waals surface area contributed by atoms with Gasteiger partial charge in [0.1, 0.15) is 5.70 Å². The zero-order valence-corrected chi connectivity index (χ0v) is 17.7. The van der Waals surface area contributed by atoms with Crippen LogP contribution in [0.15, 0.2) is 89.7 Å². The maximum absolute atomic E-state index is 12.8. The molecule has 0 radical (unpaired) electrons. The van der Waals surface area contributed by atoms with Crippen molar-refractivity contribution in [2.45, 2.75) is 0 Å². The van der Waals surface area contributed by atoms with Crippen molar-refractivity contribution in [3.8, 4) is 11.5 Å². The number of hydrazone groups is 1. The molecule has 0 aliphatic heterocycles. The molecule has 32 heavy (non-hydrogen) atoms. The summed E-state index contributed by atoms with van der Waals surface area (Å²) in [5, 5.41) is 6.64. The number of carbonyl (C=O) groups excluding carboxylic acids is 2. The van der Waals surface area contributed by atoms with Gasteiger partial charge in [0.25, 0.3) is 11.8 Å². The molecular weight excluding hydrogens is 406 g/mol. The van der Waals surface area contributed by atoms with Crippen molar-refractivity contribution < 1.29 is 19.1 Å². The minimum atomic E-state index is -0.573. The fourth-order valence-electron chi connectivity index (χ4n) is 2.82. The summed E-state index contributed by atoms with van der Waals surface area (Å²) in [5.41, 5.74) is 4.36. The third-order valence-corrected chi connectivity index (χ3v) is 4.43. The minimum absolute atomic E-state index is 0.0243. The van der Waals surface area contributed by atoms with Crippen LogP contribution in [0, 0.1) is 0 Å². The van der Waals surface area contributed by atoms with Gasteiger partial charge in [0.15, 0.2) is 11.5 Å². The van der Waals surface area contributed by atoms with Crippen molar-refractivity contribution in [2.75, 3.05) is 14.2 Å². The van der Waals surface area contributed by atoms with Crippen molar-refractivity contribution >= 4 is 24.1 Å². The third kappa shape index (κ3) is 6.06. The molecule has 3 rings (SSSR count). The normalized spacial score (nSPS) is 11.1. The molecule has 2 amide bonds. The van der Waals surface area contributed by atoms with Crippen LogP contribution in [-0.4, -0.2) is 32.2 Å². The van der Waals surface area contributed by atoms with E-state index < -0.39 is 11.8 Å². The lowest BCUT2D eigenvalue weighted by Crippen LogP contribution is -2.32. The van der Waals surface area contributed by atoms with Crippen LogP contribution in [-0.2, 0) is 4.79 Å². The van der Waals surface area contributed by atoms with Crippen molar-refractivity contribution in [3.63, 3.8) is 0 Å². The van der Waals surface area contributed by atoms with Gasteiger partial charge in [-0.15, -0.1) is 0 Å². The summed E-state index contributed by atoms with van der Waals surface area (Å²) < 4.78 is 10.6. The molecule has 0 saturated carbocycles. The molecule has 0 unspecified atom stereocenters. The second kappa shape index (κ2) is 11.1. The Hall–Kier alpha value is -4.39. The summed E-state index contributed by atoms with van der Waals surface area (Å²) in [5.74, 6) is 0.0599. The first kappa shape index (κ1) is 22.3. The first-order chi connectivity index (χ1) is 15.6. The van der Waals surface area contributed by atoms with Crippen LogP contribution in [0.1, 0.15) is 21.5 Å². The number of nitrogens with zero attached hydrogens (tertiary/aromatic N) is 1. The fourth-order valence-corrected chi connectivity index (χ4v) is 2.82. The molecule has 0 saturated heterocycles. The highest BCUT2D eigenvalue weighted by Gasteiger charge is 2.15. The fraction of sp³-hybridized carbons (Fsp3) is 0.0800. The Morgan fingerprint density at radius 1 is 0.812 bits per heavy atom. The molecule has 0 aromatic heterocycles. The van der Waals surface area contributed by atoms with Crippen molar-refractivity contribution in [1.29, 1.82) is 0 Å². The zero-order chi connectivity index (χ0) is 22.8. The lowest BCUT2D eigenvalue weighted by Gasteiger charge is -2.11. The highest BCUT2D eigenvalue weighted by molar-refractivity contribution is 6.05. The van der Waals surface area contributed by atoms with Crippen LogP contribution in [0.3, 0.4) is 0 Å². The Morgan fingerprint density at radius 3 is 2.12 bits per heavy atom. The summed E-state index contributed by atoms with van der Waals surface area (Å²) in [6.45, 7) is 0. The van der Waals surface area contributed by atoms with E-state index in [0.717, 1.165) is 5.56 Å². The van der Waals surface area contributed by atoms with Gasteiger partial charge in [0, 0.05) is 5.56 Å². The van der Waals surface area contributed by atoms with Gasteiger partial charge in [0.05, 0.1) is 20.4 Å². The quantitative estimate of drug-likeness (QED) is 0.325. The van der Waals surface area contributed by atoms with E-state index >= 15 is 0 Å². The predicted octanol–water partition coefficient (Wildman–Crippen LogP) is 3.63. The molecule has 0 heterocycles. The highest BCUT2D eigenvalue weighted by Crippen LogP contribution is 2.28. The average Bonchev–Trinajstić information content (AvgIpc) is 2.84. The monoisotopic (exact) mass is 429 g/mol. The Labute approximate surface area is 186 Å². The molecule has 0 bridgehead atoms. The van der Waals surface area contributed by atoms with Crippen molar-refractivity contribution in [2.24, 2.45) is 5.10 Å². The molecular formula is C25H23N3O4. The maximum Gasteiger partial charge on any atom is 0.287 e. The minimum Gasteiger partial charge on any atom is -0.493 e. The largest absolute Gasteiger partial charge is 0.493 e. The predicted molar refractivity (Wildman–Crippen MR) is 124 cm³/mol. The maximum atomic E-state index is 12.8. The zero-order valence-electron chi connectivity index (χ0n) is 17.7. The second-order valence-electron chi connectivity index (χ2n) is 6.60. The van der Waals surface area contributed by atoms with E-state index in [1.807, 2.05) is 36.4 Å². The molecule has 3 aromatic rings. The van der Waals surface area contributed by atoms with Gasteiger partial charge in [-0.05, 0) is 41.5 Å². The number of methoxy groups -OCH3 is 2. The SMILES string of the molecule is COc1ccc(/C=C(/NC(=O)c2ccccc2)C(=O)NN=Cc2ccccc2)cc1OC. The van der Waals surface area contributed by atoms with Gasteiger partial charge >= 0.3 is 0 Å². The number of carbonyl (C=O) groups is 2. The van der Waals surface area contributed by atoms with E-state index in [9.17, 15) is 9.59 Å². The van der Waals surface area contributed by atoms with Crippen LogP contribution in [0.2, 0.25) is 0 Å². The first-order valence-corrected chi connectivity index (χ1v) is 9.79. The van der Waals surface area contributed by atoms with Crippen molar-refractivity contribution in [1.82, 2.24) is 10.7 Å². The molecule has 0 aliphatic carbocycles. The summed E-state index contributed by atoms with van der Waals surface area (Å²) >= 11 is 0. The Bertz CT molecular complexity index is 1130. The number of ether oxygens (including phenoxy) is 2. The van der Waals surface area contributed by atoms with E-state index in [1.165, 1.54) is 26.5 Å². The van der Waals surface area contributed by atoms with Crippen LogP contribution >= 0.6 is 0 Å². The van der Waals surface area contributed by atoms with E-state index in [1.54, 1.807) is 42.5 Å². The molecule has 7 nitrogen and oxygen atoms in total. The second-order valence-corrected chi connectivity index (χ2v) is 6.60. The number of nitrogens with one attached hydrogen (secondary N) is 2. The topological polar surface area (TPSA) is 89.0 Å². The molecule has 0 spiro atoms. The van der Waals surface area contributed by atoms with Crippen LogP contribution in [0.25, 0.3) is 6.08 Å². The van der Waals surface area contributed by atoms with E-state index in [4.69, 9.17) is 9.47 Å². The molecule has 0 atom stereocenters.